The third kappa shape index (κ3) is 2.90. The van der Waals surface area contributed by atoms with Gasteiger partial charge in [0.1, 0.15) is 5.82 Å². The van der Waals surface area contributed by atoms with Crippen LogP contribution in [0.15, 0.2) is 18.2 Å². The maximum atomic E-state index is 13.8. The Morgan fingerprint density at radius 3 is 3.00 bits per heavy atom. The molecule has 0 bridgehead atoms. The molecule has 3 nitrogen and oxygen atoms in total. The van der Waals surface area contributed by atoms with Crippen LogP contribution in [-0.4, -0.2) is 29.9 Å². The highest BCUT2D eigenvalue weighted by molar-refractivity contribution is 6.31. The molecule has 0 saturated carbocycles. The van der Waals surface area contributed by atoms with Crippen LogP contribution < -0.4 is 5.73 Å². The lowest BCUT2D eigenvalue weighted by Gasteiger charge is -2.39. The van der Waals surface area contributed by atoms with E-state index in [2.05, 4.69) is 6.92 Å². The van der Waals surface area contributed by atoms with E-state index in [4.69, 9.17) is 17.3 Å². The van der Waals surface area contributed by atoms with Crippen molar-refractivity contribution in [1.29, 1.82) is 0 Å². The second kappa shape index (κ2) is 5.88. The largest absolute Gasteiger partial charge is 0.334 e. The van der Waals surface area contributed by atoms with Crippen LogP contribution in [0.2, 0.25) is 5.02 Å². The van der Waals surface area contributed by atoms with Crippen molar-refractivity contribution >= 4 is 17.5 Å². The second-order valence-electron chi connectivity index (χ2n) is 5.05. The summed E-state index contributed by atoms with van der Waals surface area (Å²) >= 11 is 5.84. The number of rotatable bonds is 2. The van der Waals surface area contributed by atoms with Crippen molar-refractivity contribution in [2.24, 2.45) is 11.7 Å². The van der Waals surface area contributed by atoms with Gasteiger partial charge in [0.25, 0.3) is 5.91 Å². The van der Waals surface area contributed by atoms with Gasteiger partial charge in [0.05, 0.1) is 5.56 Å². The van der Waals surface area contributed by atoms with Crippen LogP contribution in [0.4, 0.5) is 4.39 Å². The minimum absolute atomic E-state index is 0.0278. The van der Waals surface area contributed by atoms with Crippen molar-refractivity contribution in [3.63, 3.8) is 0 Å². The molecule has 104 valence electrons. The van der Waals surface area contributed by atoms with Gasteiger partial charge in [-0.15, -0.1) is 0 Å². The number of likely N-dealkylation sites (tertiary alicyclic amines) is 1. The predicted octanol–water partition coefficient (Wildman–Crippen LogP) is 2.68. The zero-order valence-electron chi connectivity index (χ0n) is 10.9. The zero-order chi connectivity index (χ0) is 14.0. The molecule has 5 heteroatoms. The fourth-order valence-electron chi connectivity index (χ4n) is 2.68. The number of piperidine rings is 1. The lowest BCUT2D eigenvalue weighted by Crippen LogP contribution is -2.51. The van der Waals surface area contributed by atoms with E-state index in [0.717, 1.165) is 12.8 Å². The minimum Gasteiger partial charge on any atom is -0.334 e. The Balaban J connectivity index is 2.29. The summed E-state index contributed by atoms with van der Waals surface area (Å²) in [5.74, 6) is -0.518. The number of nitrogens with two attached hydrogens (primary N) is 1. The smallest absolute Gasteiger partial charge is 0.257 e. The van der Waals surface area contributed by atoms with E-state index in [1.807, 2.05) is 0 Å². The monoisotopic (exact) mass is 284 g/mol. The average molecular weight is 285 g/mol. The second-order valence-corrected chi connectivity index (χ2v) is 5.48. The van der Waals surface area contributed by atoms with E-state index in [0.29, 0.717) is 24.0 Å². The molecule has 0 radical (unpaired) electrons. The van der Waals surface area contributed by atoms with Crippen molar-refractivity contribution in [1.82, 2.24) is 4.90 Å². The van der Waals surface area contributed by atoms with Gasteiger partial charge < -0.3 is 10.6 Å². The van der Waals surface area contributed by atoms with Gasteiger partial charge in [-0.2, -0.15) is 0 Å². The molecule has 1 aromatic carbocycles. The summed E-state index contributed by atoms with van der Waals surface area (Å²) < 4.78 is 13.8. The number of nitrogens with zero attached hydrogens (tertiary/aromatic N) is 1. The van der Waals surface area contributed by atoms with Crippen LogP contribution in [-0.2, 0) is 0 Å². The molecular weight excluding hydrogens is 267 g/mol. The first-order chi connectivity index (χ1) is 9.04. The van der Waals surface area contributed by atoms with Crippen LogP contribution in [0.5, 0.6) is 0 Å². The van der Waals surface area contributed by atoms with Crippen molar-refractivity contribution in [3.05, 3.63) is 34.6 Å². The highest BCUT2D eigenvalue weighted by atomic mass is 35.5. The maximum Gasteiger partial charge on any atom is 0.257 e. The third-order valence-corrected chi connectivity index (χ3v) is 4.01. The van der Waals surface area contributed by atoms with Crippen molar-refractivity contribution in [2.45, 2.75) is 25.8 Å². The first kappa shape index (κ1) is 14.3. The van der Waals surface area contributed by atoms with Gasteiger partial charge >= 0.3 is 0 Å². The Bertz CT molecular complexity index is 481. The molecule has 1 aliphatic rings. The number of hydrogen-bond acceptors (Lipinski definition) is 2. The van der Waals surface area contributed by atoms with E-state index >= 15 is 0 Å². The van der Waals surface area contributed by atoms with E-state index in [1.165, 1.54) is 18.2 Å². The van der Waals surface area contributed by atoms with Gasteiger partial charge in [0.15, 0.2) is 0 Å². The summed E-state index contributed by atoms with van der Waals surface area (Å²) in [6.45, 7) is 3.09. The molecule has 2 N–H and O–H groups in total. The first-order valence-corrected chi connectivity index (χ1v) is 6.88. The van der Waals surface area contributed by atoms with E-state index in [1.54, 1.807) is 4.90 Å². The molecule has 1 fully saturated rings. The molecule has 19 heavy (non-hydrogen) atoms. The van der Waals surface area contributed by atoms with Crippen LogP contribution in [0, 0.1) is 11.7 Å². The van der Waals surface area contributed by atoms with Crippen LogP contribution >= 0.6 is 11.6 Å². The SMILES string of the molecule is CC1CCCN(C(=O)c2cc(Cl)ccc2F)C1CN. The fraction of sp³-hybridized carbons (Fsp3) is 0.500. The number of benzene rings is 1. The van der Waals surface area contributed by atoms with E-state index < -0.39 is 5.82 Å². The Kier molecular flexibility index (Phi) is 4.42. The maximum absolute atomic E-state index is 13.8. The van der Waals surface area contributed by atoms with Crippen LogP contribution in [0.25, 0.3) is 0 Å². The van der Waals surface area contributed by atoms with E-state index in [9.17, 15) is 9.18 Å². The molecule has 1 aliphatic heterocycles. The van der Waals surface area contributed by atoms with Crippen molar-refractivity contribution in [2.75, 3.05) is 13.1 Å². The topological polar surface area (TPSA) is 46.3 Å². The molecule has 0 aliphatic carbocycles. The van der Waals surface area contributed by atoms with Gasteiger partial charge in [0, 0.05) is 24.2 Å². The van der Waals surface area contributed by atoms with Gasteiger partial charge in [-0.3, -0.25) is 4.79 Å². The number of amides is 1. The van der Waals surface area contributed by atoms with Crippen LogP contribution in [0.3, 0.4) is 0 Å². The summed E-state index contributed by atoms with van der Waals surface area (Å²) in [5.41, 5.74) is 5.78. The summed E-state index contributed by atoms with van der Waals surface area (Å²) in [7, 11) is 0. The van der Waals surface area contributed by atoms with Gasteiger partial charge in [-0.05, 0) is 37.0 Å². The average Bonchev–Trinajstić information content (AvgIpc) is 2.40. The van der Waals surface area contributed by atoms with Crippen LogP contribution in [0.1, 0.15) is 30.1 Å². The molecule has 2 unspecified atom stereocenters. The first-order valence-electron chi connectivity index (χ1n) is 6.50. The molecule has 1 heterocycles. The highest BCUT2D eigenvalue weighted by Gasteiger charge is 2.32. The molecule has 2 atom stereocenters. The quantitative estimate of drug-likeness (QED) is 0.907. The van der Waals surface area contributed by atoms with Gasteiger partial charge in [0.2, 0.25) is 0 Å². The summed E-state index contributed by atoms with van der Waals surface area (Å²) in [5, 5.41) is 0.360. The molecule has 1 aromatic rings. The van der Waals surface area contributed by atoms with Gasteiger partial charge in [-0.1, -0.05) is 18.5 Å². The summed E-state index contributed by atoms with van der Waals surface area (Å²) in [6, 6.07) is 4.01. The lowest BCUT2D eigenvalue weighted by molar-refractivity contribution is 0.0528. The highest BCUT2D eigenvalue weighted by Crippen LogP contribution is 2.25. The molecule has 2 rings (SSSR count). The normalized spacial score (nSPS) is 23.5. The number of hydrogen-bond donors (Lipinski definition) is 1. The summed E-state index contributed by atoms with van der Waals surface area (Å²) in [6.07, 6.45) is 1.97. The van der Waals surface area contributed by atoms with Crippen molar-refractivity contribution < 1.29 is 9.18 Å². The molecule has 0 spiro atoms. The number of carbonyl (C=O) groups is 1. The number of halogens is 2. The number of carbonyl (C=O) groups excluding carboxylic acids is 1. The molecule has 1 saturated heterocycles. The Hall–Kier alpha value is -1.13. The summed E-state index contributed by atoms with van der Waals surface area (Å²) in [4.78, 5) is 14.1. The molecular formula is C14H18ClFN2O. The Morgan fingerprint density at radius 2 is 2.32 bits per heavy atom. The zero-order valence-corrected chi connectivity index (χ0v) is 11.7. The minimum atomic E-state index is -0.539. The molecule has 0 aromatic heterocycles. The van der Waals surface area contributed by atoms with E-state index in [-0.39, 0.29) is 17.5 Å². The Labute approximate surface area is 117 Å². The lowest BCUT2D eigenvalue weighted by atomic mass is 9.90. The van der Waals surface area contributed by atoms with Crippen molar-refractivity contribution in [3.8, 4) is 0 Å². The van der Waals surface area contributed by atoms with Gasteiger partial charge in [-0.25, -0.2) is 4.39 Å². The fourth-order valence-corrected chi connectivity index (χ4v) is 2.85. The predicted molar refractivity (Wildman–Crippen MR) is 73.7 cm³/mol. The third-order valence-electron chi connectivity index (χ3n) is 3.78. The standard InChI is InChI=1S/C14H18ClFN2O/c1-9-3-2-6-18(13(9)8-17)14(19)11-7-10(15)4-5-12(11)16/h4-5,7,9,13H,2-3,6,8,17H2,1H3. The Morgan fingerprint density at radius 1 is 1.58 bits per heavy atom. The molecule has 1 amide bonds.